The summed E-state index contributed by atoms with van der Waals surface area (Å²) in [6.07, 6.45) is 0.925. The van der Waals surface area contributed by atoms with E-state index in [0.717, 1.165) is 28.9 Å². The molecule has 0 saturated heterocycles. The van der Waals surface area contributed by atoms with Gasteiger partial charge in [0.15, 0.2) is 5.43 Å². The molecule has 4 aromatic rings. The SMILES string of the molecule is COc1ccc(CN2C(=O)c3oc4cc(C)c(Cl)cc4c(=O)c3C2c2cccc(OCCC(C)C)c2)cc1. The Labute approximate surface area is 226 Å². The molecule has 0 fully saturated rings. The van der Waals surface area contributed by atoms with Gasteiger partial charge in [0.05, 0.1) is 30.7 Å². The second-order valence-electron chi connectivity index (χ2n) is 10.1. The molecule has 0 aliphatic carbocycles. The average molecular weight is 532 g/mol. The molecule has 0 radical (unpaired) electrons. The van der Waals surface area contributed by atoms with Gasteiger partial charge in [-0.1, -0.05) is 49.7 Å². The summed E-state index contributed by atoms with van der Waals surface area (Å²) in [6.45, 7) is 7.00. The zero-order valence-corrected chi connectivity index (χ0v) is 22.7. The van der Waals surface area contributed by atoms with Crippen molar-refractivity contribution in [2.45, 2.75) is 39.8 Å². The number of methoxy groups -OCH3 is 1. The van der Waals surface area contributed by atoms with E-state index in [1.54, 1.807) is 24.1 Å². The van der Waals surface area contributed by atoms with Crippen molar-refractivity contribution in [1.29, 1.82) is 0 Å². The van der Waals surface area contributed by atoms with Gasteiger partial charge < -0.3 is 18.8 Å². The van der Waals surface area contributed by atoms with Gasteiger partial charge in [0.2, 0.25) is 5.76 Å². The first kappa shape index (κ1) is 25.9. The van der Waals surface area contributed by atoms with Crippen LogP contribution >= 0.6 is 11.6 Å². The van der Waals surface area contributed by atoms with Crippen molar-refractivity contribution >= 4 is 28.5 Å². The molecule has 1 aliphatic heterocycles. The van der Waals surface area contributed by atoms with Crippen LogP contribution in [0, 0.1) is 12.8 Å². The summed E-state index contributed by atoms with van der Waals surface area (Å²) in [7, 11) is 1.61. The van der Waals surface area contributed by atoms with E-state index < -0.39 is 6.04 Å². The Morgan fingerprint density at radius 2 is 1.79 bits per heavy atom. The van der Waals surface area contributed by atoms with E-state index in [1.807, 2.05) is 55.5 Å². The van der Waals surface area contributed by atoms with Crippen LogP contribution in [0.2, 0.25) is 5.02 Å². The van der Waals surface area contributed by atoms with Gasteiger partial charge in [-0.25, -0.2) is 0 Å². The zero-order valence-electron chi connectivity index (χ0n) is 21.9. The Bertz CT molecular complexity index is 1560. The van der Waals surface area contributed by atoms with Gasteiger partial charge in [0, 0.05) is 11.6 Å². The number of amides is 1. The first-order valence-electron chi connectivity index (χ1n) is 12.7. The number of rotatable bonds is 8. The van der Waals surface area contributed by atoms with Gasteiger partial charge in [-0.2, -0.15) is 0 Å². The maximum atomic E-state index is 13.9. The lowest BCUT2D eigenvalue weighted by atomic mass is 9.97. The third-order valence-electron chi connectivity index (χ3n) is 6.90. The predicted molar refractivity (Wildman–Crippen MR) is 148 cm³/mol. The fourth-order valence-corrected chi connectivity index (χ4v) is 4.93. The quantitative estimate of drug-likeness (QED) is 0.246. The van der Waals surface area contributed by atoms with E-state index in [4.69, 9.17) is 25.5 Å². The normalized spacial score (nSPS) is 14.8. The van der Waals surface area contributed by atoms with Crippen molar-refractivity contribution in [2.24, 2.45) is 5.92 Å². The van der Waals surface area contributed by atoms with Gasteiger partial charge in [-0.15, -0.1) is 0 Å². The van der Waals surface area contributed by atoms with Crippen molar-refractivity contribution in [3.8, 4) is 11.5 Å². The van der Waals surface area contributed by atoms with Crippen LogP contribution in [-0.2, 0) is 6.54 Å². The Morgan fingerprint density at radius 3 is 2.50 bits per heavy atom. The largest absolute Gasteiger partial charge is 0.497 e. The molecule has 5 rings (SSSR count). The fourth-order valence-electron chi connectivity index (χ4n) is 4.77. The number of carbonyl (C=O) groups excluding carboxylic acids is 1. The van der Waals surface area contributed by atoms with Crippen LogP contribution in [0.3, 0.4) is 0 Å². The van der Waals surface area contributed by atoms with Crippen LogP contribution < -0.4 is 14.9 Å². The van der Waals surface area contributed by atoms with Gasteiger partial charge >= 0.3 is 0 Å². The highest BCUT2D eigenvalue weighted by molar-refractivity contribution is 6.32. The van der Waals surface area contributed by atoms with Crippen LogP contribution in [0.15, 0.2) is 69.9 Å². The molecule has 6 nitrogen and oxygen atoms in total. The first-order valence-corrected chi connectivity index (χ1v) is 13.1. The van der Waals surface area contributed by atoms with Gasteiger partial charge in [0.25, 0.3) is 5.91 Å². The van der Waals surface area contributed by atoms with Crippen LogP contribution in [0.1, 0.15) is 59.1 Å². The maximum absolute atomic E-state index is 13.9. The predicted octanol–water partition coefficient (Wildman–Crippen LogP) is 6.93. The molecule has 0 spiro atoms. The molecule has 1 aliphatic rings. The maximum Gasteiger partial charge on any atom is 0.291 e. The van der Waals surface area contributed by atoms with Crippen LogP contribution in [0.5, 0.6) is 11.5 Å². The minimum atomic E-state index is -0.644. The van der Waals surface area contributed by atoms with Crippen molar-refractivity contribution < 1.29 is 18.7 Å². The third-order valence-corrected chi connectivity index (χ3v) is 7.30. The topological polar surface area (TPSA) is 69.0 Å². The third kappa shape index (κ3) is 4.88. The van der Waals surface area contributed by atoms with Gasteiger partial charge in [-0.3, -0.25) is 9.59 Å². The van der Waals surface area contributed by atoms with E-state index in [2.05, 4.69) is 13.8 Å². The molecule has 196 valence electrons. The van der Waals surface area contributed by atoms with Crippen molar-refractivity contribution in [3.05, 3.63) is 104 Å². The molecule has 1 atom stereocenters. The molecular formula is C31H30ClNO5. The average Bonchev–Trinajstić information content (AvgIpc) is 3.17. The molecule has 1 aromatic heterocycles. The lowest BCUT2D eigenvalue weighted by Gasteiger charge is -2.25. The Hall–Kier alpha value is -3.77. The highest BCUT2D eigenvalue weighted by Crippen LogP contribution is 2.40. The zero-order chi connectivity index (χ0) is 27.0. The van der Waals surface area contributed by atoms with E-state index in [0.29, 0.717) is 39.8 Å². The molecule has 1 amide bonds. The van der Waals surface area contributed by atoms with Crippen molar-refractivity contribution in [2.75, 3.05) is 13.7 Å². The van der Waals surface area contributed by atoms with E-state index in [-0.39, 0.29) is 23.6 Å². The van der Waals surface area contributed by atoms with E-state index in [9.17, 15) is 9.59 Å². The molecule has 7 heteroatoms. The summed E-state index contributed by atoms with van der Waals surface area (Å²) in [5.41, 5.74) is 2.85. The standard InChI is InChI=1S/C31H30ClNO5/c1-18(2)12-13-37-23-7-5-6-21(15-23)28-27-29(34)24-16-25(32)19(3)14-26(24)38-30(27)31(35)33(28)17-20-8-10-22(36-4)11-9-20/h5-11,14-16,18,28H,12-13,17H2,1-4H3. The minimum Gasteiger partial charge on any atom is -0.497 e. The number of fused-ring (bicyclic) bond motifs is 2. The molecule has 0 saturated carbocycles. The van der Waals surface area contributed by atoms with Gasteiger partial charge in [0.1, 0.15) is 17.1 Å². The highest BCUT2D eigenvalue weighted by Gasteiger charge is 2.43. The molecule has 38 heavy (non-hydrogen) atoms. The summed E-state index contributed by atoms with van der Waals surface area (Å²) in [6, 6.07) is 17.8. The fraction of sp³-hybridized carbons (Fsp3) is 0.290. The molecule has 0 N–H and O–H groups in total. The van der Waals surface area contributed by atoms with Crippen molar-refractivity contribution in [1.82, 2.24) is 4.90 Å². The summed E-state index contributed by atoms with van der Waals surface area (Å²) in [5.74, 6) is 1.67. The molecule has 1 unspecified atom stereocenters. The number of benzene rings is 3. The Kier molecular flexibility index (Phi) is 7.17. The second-order valence-corrected chi connectivity index (χ2v) is 10.5. The smallest absolute Gasteiger partial charge is 0.291 e. The lowest BCUT2D eigenvalue weighted by molar-refractivity contribution is 0.0714. The number of ether oxygens (including phenoxy) is 2. The summed E-state index contributed by atoms with van der Waals surface area (Å²) < 4.78 is 17.4. The summed E-state index contributed by atoms with van der Waals surface area (Å²) in [5, 5.41) is 0.828. The number of nitrogens with zero attached hydrogens (tertiary/aromatic N) is 1. The van der Waals surface area contributed by atoms with Crippen LogP contribution in [-0.4, -0.2) is 24.5 Å². The Morgan fingerprint density at radius 1 is 1.03 bits per heavy atom. The van der Waals surface area contributed by atoms with Crippen molar-refractivity contribution in [3.63, 3.8) is 0 Å². The van der Waals surface area contributed by atoms with Crippen LogP contribution in [0.25, 0.3) is 11.0 Å². The lowest BCUT2D eigenvalue weighted by Crippen LogP contribution is -2.29. The highest BCUT2D eigenvalue weighted by atomic mass is 35.5. The van der Waals surface area contributed by atoms with E-state index >= 15 is 0 Å². The number of aryl methyl sites for hydroxylation is 1. The summed E-state index contributed by atoms with van der Waals surface area (Å²) >= 11 is 6.36. The summed E-state index contributed by atoms with van der Waals surface area (Å²) in [4.78, 5) is 29.4. The van der Waals surface area contributed by atoms with E-state index in [1.165, 1.54) is 0 Å². The first-order chi connectivity index (χ1) is 18.3. The molecule has 0 bridgehead atoms. The number of carbonyl (C=O) groups is 1. The number of hydrogen-bond acceptors (Lipinski definition) is 5. The molecule has 2 heterocycles. The number of halogens is 1. The van der Waals surface area contributed by atoms with Crippen LogP contribution in [0.4, 0.5) is 0 Å². The monoisotopic (exact) mass is 531 g/mol. The minimum absolute atomic E-state index is 0.0638. The number of hydrogen-bond donors (Lipinski definition) is 0. The molecular weight excluding hydrogens is 502 g/mol. The second kappa shape index (κ2) is 10.5. The van der Waals surface area contributed by atoms with Gasteiger partial charge in [-0.05, 0) is 72.4 Å². The Balaban J connectivity index is 1.63. The molecule has 3 aromatic carbocycles.